The molecule has 3 aromatic rings. The number of hydrogen-bond acceptors (Lipinski definition) is 8. The molecular formula is C22H24FN5O2S. The van der Waals surface area contributed by atoms with Gasteiger partial charge in [0.05, 0.1) is 14.2 Å². The van der Waals surface area contributed by atoms with Gasteiger partial charge in [0.2, 0.25) is 5.95 Å². The molecule has 0 spiro atoms. The molecule has 0 unspecified atom stereocenters. The first-order valence-electron chi connectivity index (χ1n) is 9.88. The van der Waals surface area contributed by atoms with E-state index in [2.05, 4.69) is 20.5 Å². The number of hydrogen-bond donors (Lipinski definition) is 2. The quantitative estimate of drug-likeness (QED) is 0.548. The van der Waals surface area contributed by atoms with Crippen molar-refractivity contribution in [3.63, 3.8) is 0 Å². The van der Waals surface area contributed by atoms with E-state index < -0.39 is 5.82 Å². The van der Waals surface area contributed by atoms with E-state index in [1.807, 2.05) is 42.1 Å². The molecule has 162 valence electrons. The van der Waals surface area contributed by atoms with E-state index in [1.54, 1.807) is 19.2 Å². The summed E-state index contributed by atoms with van der Waals surface area (Å²) in [6.07, 6.45) is 0. The summed E-state index contributed by atoms with van der Waals surface area (Å²) in [6, 6.07) is 14.1. The van der Waals surface area contributed by atoms with Crippen molar-refractivity contribution in [2.24, 2.45) is 0 Å². The van der Waals surface area contributed by atoms with Crippen LogP contribution in [0.15, 0.2) is 48.5 Å². The highest BCUT2D eigenvalue weighted by Crippen LogP contribution is 2.27. The Morgan fingerprint density at radius 1 is 0.903 bits per heavy atom. The first-order chi connectivity index (χ1) is 15.1. The van der Waals surface area contributed by atoms with E-state index >= 15 is 0 Å². The summed E-state index contributed by atoms with van der Waals surface area (Å²) in [5, 5.41) is 6.43. The molecule has 1 aliphatic rings. The van der Waals surface area contributed by atoms with Gasteiger partial charge in [0.15, 0.2) is 11.6 Å². The summed E-state index contributed by atoms with van der Waals surface area (Å²) < 4.78 is 24.3. The molecule has 1 saturated heterocycles. The smallest absolute Gasteiger partial charge is 0.231 e. The molecule has 7 nitrogen and oxygen atoms in total. The molecule has 1 aromatic heterocycles. The summed E-state index contributed by atoms with van der Waals surface area (Å²) in [5.74, 6) is 4.49. The van der Waals surface area contributed by atoms with Gasteiger partial charge in [0.25, 0.3) is 0 Å². The van der Waals surface area contributed by atoms with Crippen molar-refractivity contribution in [1.82, 2.24) is 9.97 Å². The molecule has 31 heavy (non-hydrogen) atoms. The predicted molar refractivity (Wildman–Crippen MR) is 124 cm³/mol. The molecule has 2 N–H and O–H groups in total. The van der Waals surface area contributed by atoms with E-state index in [9.17, 15) is 4.39 Å². The van der Waals surface area contributed by atoms with Crippen LogP contribution in [0.5, 0.6) is 11.5 Å². The van der Waals surface area contributed by atoms with Gasteiger partial charge in [-0.15, -0.1) is 0 Å². The van der Waals surface area contributed by atoms with Gasteiger partial charge >= 0.3 is 0 Å². The number of benzene rings is 2. The van der Waals surface area contributed by atoms with Gasteiger partial charge in [-0.25, -0.2) is 4.39 Å². The minimum absolute atomic E-state index is 0.196. The highest BCUT2D eigenvalue weighted by atomic mass is 32.2. The van der Waals surface area contributed by atoms with Crippen molar-refractivity contribution in [1.29, 1.82) is 0 Å². The normalized spacial score (nSPS) is 13.6. The average molecular weight is 442 g/mol. The molecule has 0 saturated carbocycles. The number of thioether (sulfide) groups is 1. The zero-order chi connectivity index (χ0) is 21.6. The topological polar surface area (TPSA) is 71.5 Å². The predicted octanol–water partition coefficient (Wildman–Crippen LogP) is 4.67. The molecule has 4 rings (SSSR count). The highest BCUT2D eigenvalue weighted by molar-refractivity contribution is 7.99. The molecular weight excluding hydrogens is 417 g/mol. The Balaban J connectivity index is 1.62. The number of anilines is 5. The lowest BCUT2D eigenvalue weighted by Gasteiger charge is -2.28. The molecule has 0 aliphatic carbocycles. The molecule has 0 atom stereocenters. The summed E-state index contributed by atoms with van der Waals surface area (Å²) >= 11 is 1.93. The minimum Gasteiger partial charge on any atom is -0.497 e. The number of halogens is 1. The van der Waals surface area contributed by atoms with Crippen LogP contribution < -0.4 is 25.0 Å². The number of ether oxygens (including phenoxy) is 2. The van der Waals surface area contributed by atoms with Gasteiger partial charge in [-0.3, -0.25) is 0 Å². The lowest BCUT2D eigenvalue weighted by atomic mass is 10.3. The van der Waals surface area contributed by atoms with E-state index in [-0.39, 0.29) is 5.75 Å². The van der Waals surface area contributed by atoms with E-state index in [1.165, 1.54) is 13.2 Å². The Morgan fingerprint density at radius 2 is 1.65 bits per heavy atom. The second kappa shape index (κ2) is 9.74. The largest absolute Gasteiger partial charge is 0.497 e. The van der Waals surface area contributed by atoms with E-state index in [0.29, 0.717) is 17.5 Å². The van der Waals surface area contributed by atoms with Crippen LogP contribution >= 0.6 is 11.8 Å². The third-order valence-electron chi connectivity index (χ3n) is 4.82. The lowest BCUT2D eigenvalue weighted by molar-refractivity contribution is 0.386. The molecule has 1 aliphatic heterocycles. The standard InChI is InChI=1S/C22H24FN5O2S/c1-29-17-6-3-15(4-7-17)25-22-26-20(14-21(27-22)28-9-11-31-12-10-28)24-16-5-8-19(30-2)18(23)13-16/h3-8,13-14H,9-12H2,1-2H3,(H2,24,25,26,27). The van der Waals surface area contributed by atoms with Crippen molar-refractivity contribution in [2.75, 3.05) is 54.3 Å². The highest BCUT2D eigenvalue weighted by Gasteiger charge is 2.16. The second-order valence-electron chi connectivity index (χ2n) is 6.86. The van der Waals surface area contributed by atoms with Gasteiger partial charge in [0, 0.05) is 48.1 Å². The van der Waals surface area contributed by atoms with Crippen molar-refractivity contribution in [3.8, 4) is 11.5 Å². The fraction of sp³-hybridized carbons (Fsp3) is 0.273. The Morgan fingerprint density at radius 3 is 2.32 bits per heavy atom. The lowest BCUT2D eigenvalue weighted by Crippen LogP contribution is -2.33. The maximum absolute atomic E-state index is 14.1. The molecule has 0 radical (unpaired) electrons. The molecule has 1 fully saturated rings. The molecule has 0 bridgehead atoms. The van der Waals surface area contributed by atoms with Crippen LogP contribution in [-0.4, -0.2) is 48.8 Å². The SMILES string of the molecule is COc1ccc(Nc2nc(Nc3ccc(OC)c(F)c3)cc(N3CCSCC3)n2)cc1. The van der Waals surface area contributed by atoms with Crippen LogP contribution in [0.25, 0.3) is 0 Å². The first kappa shape index (κ1) is 21.0. The molecule has 2 aromatic carbocycles. The van der Waals surface area contributed by atoms with E-state index in [4.69, 9.17) is 14.5 Å². The Labute approximate surface area is 185 Å². The van der Waals surface area contributed by atoms with Crippen molar-refractivity contribution in [3.05, 3.63) is 54.3 Å². The third-order valence-corrected chi connectivity index (χ3v) is 5.76. The fourth-order valence-corrected chi connectivity index (χ4v) is 4.11. The summed E-state index contributed by atoms with van der Waals surface area (Å²) in [5.41, 5.74) is 1.42. The van der Waals surface area contributed by atoms with Gasteiger partial charge in [0.1, 0.15) is 17.4 Å². The summed E-state index contributed by atoms with van der Waals surface area (Å²) in [6.45, 7) is 1.83. The van der Waals surface area contributed by atoms with Crippen LogP contribution in [0.4, 0.5) is 33.3 Å². The maximum Gasteiger partial charge on any atom is 0.231 e. The maximum atomic E-state index is 14.1. The molecule has 2 heterocycles. The van der Waals surface area contributed by atoms with Crippen LogP contribution in [-0.2, 0) is 0 Å². The van der Waals surface area contributed by atoms with Crippen LogP contribution in [0.2, 0.25) is 0 Å². The number of rotatable bonds is 7. The molecule has 9 heteroatoms. The zero-order valence-corrected chi connectivity index (χ0v) is 18.2. The van der Waals surface area contributed by atoms with E-state index in [0.717, 1.165) is 41.8 Å². The van der Waals surface area contributed by atoms with Crippen LogP contribution in [0.1, 0.15) is 0 Å². The van der Waals surface area contributed by atoms with Crippen LogP contribution in [0.3, 0.4) is 0 Å². The Hall–Kier alpha value is -3.20. The Bertz CT molecular complexity index is 1030. The molecule has 0 amide bonds. The van der Waals surface area contributed by atoms with Crippen molar-refractivity contribution < 1.29 is 13.9 Å². The van der Waals surface area contributed by atoms with Gasteiger partial charge < -0.3 is 25.0 Å². The van der Waals surface area contributed by atoms with Gasteiger partial charge in [-0.1, -0.05) is 0 Å². The monoisotopic (exact) mass is 441 g/mol. The summed E-state index contributed by atoms with van der Waals surface area (Å²) in [4.78, 5) is 11.5. The zero-order valence-electron chi connectivity index (χ0n) is 17.4. The van der Waals surface area contributed by atoms with Gasteiger partial charge in [-0.2, -0.15) is 21.7 Å². The second-order valence-corrected chi connectivity index (χ2v) is 8.09. The number of methoxy groups -OCH3 is 2. The number of nitrogens with zero attached hydrogens (tertiary/aromatic N) is 3. The first-order valence-corrected chi connectivity index (χ1v) is 11.0. The Kier molecular flexibility index (Phi) is 6.61. The number of nitrogens with one attached hydrogen (secondary N) is 2. The van der Waals surface area contributed by atoms with Crippen molar-refractivity contribution >= 4 is 40.7 Å². The minimum atomic E-state index is -0.439. The number of aromatic nitrogens is 2. The third kappa shape index (κ3) is 5.29. The summed E-state index contributed by atoms with van der Waals surface area (Å²) in [7, 11) is 3.07. The van der Waals surface area contributed by atoms with Gasteiger partial charge in [-0.05, 0) is 36.4 Å². The van der Waals surface area contributed by atoms with Crippen molar-refractivity contribution in [2.45, 2.75) is 0 Å². The van der Waals surface area contributed by atoms with Crippen LogP contribution in [0, 0.1) is 5.82 Å². The average Bonchev–Trinajstić information content (AvgIpc) is 2.80. The fourth-order valence-electron chi connectivity index (χ4n) is 3.20.